The van der Waals surface area contributed by atoms with Gasteiger partial charge in [-0.3, -0.25) is 0 Å². The molecule has 0 radical (unpaired) electrons. The first-order valence-electron chi connectivity index (χ1n) is 1.61. The Balaban J connectivity index is 0. The molecule has 7 heavy (non-hydrogen) atoms. The van der Waals surface area contributed by atoms with Gasteiger partial charge in [-0.2, -0.15) is 3.89 Å². The van der Waals surface area contributed by atoms with Gasteiger partial charge in [0, 0.05) is 14.2 Å². The van der Waals surface area contributed by atoms with Crippen LogP contribution >= 0.6 is 12.1 Å². The van der Waals surface area contributed by atoms with Crippen LogP contribution in [0, 0.1) is 0 Å². The fraction of sp³-hybridized carbons (Fsp3) is 0.500. The molecule has 0 aromatic carbocycles. The van der Waals surface area contributed by atoms with Gasteiger partial charge in [-0.15, -0.1) is 0 Å². The van der Waals surface area contributed by atoms with E-state index in [0.29, 0.717) is 0 Å². The molecule has 0 amide bonds. The van der Waals surface area contributed by atoms with Gasteiger partial charge in [0.1, 0.15) is 0 Å². The predicted molar refractivity (Wildman–Crippen MR) is 31.8 cm³/mol. The van der Waals surface area contributed by atoms with Crippen LogP contribution in [0.5, 0.6) is 0 Å². The molecule has 0 atom stereocenters. The lowest BCUT2D eigenvalue weighted by molar-refractivity contribution is 0.277. The van der Waals surface area contributed by atoms with Crippen LogP contribution in [0.1, 0.15) is 0 Å². The normalized spacial score (nSPS) is 6.14. The summed E-state index contributed by atoms with van der Waals surface area (Å²) in [4.78, 5) is 0. The highest BCUT2D eigenvalue weighted by Gasteiger charge is 1.51. The van der Waals surface area contributed by atoms with Gasteiger partial charge in [0.15, 0.2) is 0 Å². The van der Waals surface area contributed by atoms with Crippen molar-refractivity contribution in [1.82, 2.24) is 0 Å². The van der Waals surface area contributed by atoms with Gasteiger partial charge in [-0.25, -0.2) is 0 Å². The number of hydrogen-bond acceptors (Lipinski definition) is 2. The Hall–Kier alpha value is -0.0200. The highest BCUT2D eigenvalue weighted by Crippen LogP contribution is 1.96. The van der Waals surface area contributed by atoms with Gasteiger partial charge < -0.3 is 4.74 Å². The number of methoxy groups -OCH3 is 1. The van der Waals surface area contributed by atoms with Gasteiger partial charge in [-0.1, -0.05) is 6.58 Å². The first kappa shape index (κ1) is 10.1. The van der Waals surface area contributed by atoms with Gasteiger partial charge in [0.05, 0.1) is 12.1 Å². The lowest BCUT2D eigenvalue weighted by atomic mass is 11.3. The van der Waals surface area contributed by atoms with Crippen LogP contribution in [0.25, 0.3) is 0 Å². The Morgan fingerprint density at radius 3 is 1.86 bits per heavy atom. The first-order chi connectivity index (χ1) is 3.33. The van der Waals surface area contributed by atoms with Crippen molar-refractivity contribution in [2.24, 2.45) is 0 Å². The summed E-state index contributed by atoms with van der Waals surface area (Å²) in [5, 5.41) is 1.12. The molecular weight excluding hydrogens is 115 g/mol. The summed E-state index contributed by atoms with van der Waals surface area (Å²) in [6.45, 7) is 3.07. The number of hydrogen-bond donors (Lipinski definition) is 0. The van der Waals surface area contributed by atoms with E-state index in [1.165, 1.54) is 0 Å². The maximum Gasteiger partial charge on any atom is 0.0726 e. The van der Waals surface area contributed by atoms with E-state index in [9.17, 15) is 3.89 Å². The largest absolute Gasteiger partial charge is 0.388 e. The van der Waals surface area contributed by atoms with Crippen LogP contribution in [0.4, 0.5) is 3.89 Å². The monoisotopic (exact) mass is 124 g/mol. The Morgan fingerprint density at radius 2 is 1.86 bits per heavy atom. The summed E-state index contributed by atoms with van der Waals surface area (Å²) in [6, 6.07) is 0. The summed E-state index contributed by atoms with van der Waals surface area (Å²) in [7, 11) is 3.25. The molecule has 0 bridgehead atoms. The van der Waals surface area contributed by atoms with E-state index in [-0.39, 0.29) is 12.1 Å². The molecule has 44 valence electrons. The van der Waals surface area contributed by atoms with Crippen molar-refractivity contribution in [2.45, 2.75) is 0 Å². The first-order valence-corrected chi connectivity index (χ1v) is 2.39. The SMILES string of the molecule is C=CSF.COC. The summed E-state index contributed by atoms with van der Waals surface area (Å²) >= 11 is 0.120. The third kappa shape index (κ3) is 98.6. The highest BCUT2D eigenvalue weighted by atomic mass is 32.2. The fourth-order valence-corrected chi connectivity index (χ4v) is 0. The minimum atomic E-state index is 0.120. The molecule has 0 saturated carbocycles. The lowest BCUT2D eigenvalue weighted by Crippen LogP contribution is -1.55. The molecule has 0 spiro atoms. The van der Waals surface area contributed by atoms with Crippen molar-refractivity contribution in [3.05, 3.63) is 12.0 Å². The van der Waals surface area contributed by atoms with Crippen LogP contribution in [-0.4, -0.2) is 14.2 Å². The summed E-state index contributed by atoms with van der Waals surface area (Å²) in [6.07, 6.45) is 0. The van der Waals surface area contributed by atoms with Gasteiger partial charge in [0.25, 0.3) is 0 Å². The maximum absolute atomic E-state index is 10.5. The van der Waals surface area contributed by atoms with Crippen LogP contribution in [-0.2, 0) is 4.74 Å². The minimum absolute atomic E-state index is 0.120. The van der Waals surface area contributed by atoms with Gasteiger partial charge in [0.2, 0.25) is 0 Å². The highest BCUT2D eigenvalue weighted by molar-refractivity contribution is 7.97. The fourth-order valence-electron chi connectivity index (χ4n) is 0. The second kappa shape index (κ2) is 16.7. The zero-order valence-electron chi connectivity index (χ0n) is 4.48. The molecule has 0 aromatic heterocycles. The number of rotatable bonds is 1. The molecule has 0 unspecified atom stereocenters. The Morgan fingerprint density at radius 1 is 1.71 bits per heavy atom. The minimum Gasteiger partial charge on any atom is -0.388 e. The maximum atomic E-state index is 10.5. The van der Waals surface area contributed by atoms with Gasteiger partial charge in [-0.05, 0) is 5.41 Å². The summed E-state index contributed by atoms with van der Waals surface area (Å²) < 4.78 is 14.8. The molecule has 0 aliphatic carbocycles. The third-order valence-electron chi connectivity index (χ3n) is 0.0630. The Kier molecular flexibility index (Phi) is 24.0. The zero-order valence-corrected chi connectivity index (χ0v) is 5.30. The molecule has 0 aliphatic rings. The van der Waals surface area contributed by atoms with Crippen molar-refractivity contribution >= 4 is 12.1 Å². The molecule has 0 heterocycles. The van der Waals surface area contributed by atoms with E-state index >= 15 is 0 Å². The molecule has 0 aliphatic heterocycles. The quantitative estimate of drug-likeness (QED) is 0.528. The number of ether oxygens (including phenoxy) is 1. The molecule has 0 rings (SSSR count). The molecule has 0 aromatic rings. The van der Waals surface area contributed by atoms with Crippen molar-refractivity contribution in [3.63, 3.8) is 0 Å². The van der Waals surface area contributed by atoms with Crippen molar-refractivity contribution < 1.29 is 8.62 Å². The zero-order chi connectivity index (χ0) is 6.12. The Bertz CT molecular complexity index is 32.9. The third-order valence-corrected chi connectivity index (χ3v) is 0.189. The topological polar surface area (TPSA) is 9.23 Å². The van der Waals surface area contributed by atoms with E-state index < -0.39 is 0 Å². The molecular formula is C4H9FOS. The van der Waals surface area contributed by atoms with Crippen LogP contribution in [0.3, 0.4) is 0 Å². The second-order valence-electron chi connectivity index (χ2n) is 0.664. The molecule has 0 saturated heterocycles. The average Bonchev–Trinajstić information content (AvgIpc) is 1.69. The lowest BCUT2D eigenvalue weighted by Gasteiger charge is -1.61. The van der Waals surface area contributed by atoms with Crippen LogP contribution in [0.15, 0.2) is 12.0 Å². The van der Waals surface area contributed by atoms with E-state index in [4.69, 9.17) is 0 Å². The van der Waals surface area contributed by atoms with E-state index in [1.807, 2.05) is 0 Å². The van der Waals surface area contributed by atoms with E-state index in [2.05, 4.69) is 11.3 Å². The molecule has 1 nitrogen and oxygen atoms in total. The summed E-state index contributed by atoms with van der Waals surface area (Å²) in [5.74, 6) is 0. The van der Waals surface area contributed by atoms with E-state index in [0.717, 1.165) is 5.41 Å². The molecule has 0 fully saturated rings. The summed E-state index contributed by atoms with van der Waals surface area (Å²) in [5.41, 5.74) is 0. The molecule has 0 N–H and O–H groups in total. The van der Waals surface area contributed by atoms with Crippen molar-refractivity contribution in [2.75, 3.05) is 14.2 Å². The standard InChI is InChI=1S/C2H3FS.C2H6O/c1-2-4-3;1-3-2/h2H,1H2;1-2H3. The average molecular weight is 124 g/mol. The second-order valence-corrected chi connectivity index (χ2v) is 1.18. The van der Waals surface area contributed by atoms with Crippen molar-refractivity contribution in [1.29, 1.82) is 0 Å². The van der Waals surface area contributed by atoms with Crippen molar-refractivity contribution in [3.8, 4) is 0 Å². The number of halogens is 1. The van der Waals surface area contributed by atoms with Crippen LogP contribution in [0.2, 0.25) is 0 Å². The van der Waals surface area contributed by atoms with E-state index in [1.54, 1.807) is 14.2 Å². The predicted octanol–water partition coefficient (Wildman–Crippen LogP) is 2.01. The smallest absolute Gasteiger partial charge is 0.0726 e. The van der Waals surface area contributed by atoms with Crippen LogP contribution < -0.4 is 0 Å². The molecule has 3 heteroatoms. The Labute approximate surface area is 47.8 Å². The van der Waals surface area contributed by atoms with Gasteiger partial charge >= 0.3 is 0 Å².